The molecule has 0 atom stereocenters. The summed E-state index contributed by atoms with van der Waals surface area (Å²) in [5.74, 6) is -0.0576. The predicted molar refractivity (Wildman–Crippen MR) is 62.1 cm³/mol. The van der Waals surface area contributed by atoms with Gasteiger partial charge in [-0.25, -0.2) is 0 Å². The van der Waals surface area contributed by atoms with Crippen molar-refractivity contribution in [2.45, 2.75) is 6.18 Å². The molecule has 0 aliphatic carbocycles. The fourth-order valence-corrected chi connectivity index (χ4v) is 1.47. The first-order valence-electron chi connectivity index (χ1n) is 5.43. The number of benzene rings is 1. The number of ether oxygens (including phenoxy) is 1. The van der Waals surface area contributed by atoms with Crippen molar-refractivity contribution in [3.8, 4) is 5.75 Å². The number of rotatable bonds is 4. The molecule has 0 aliphatic heterocycles. The number of aromatic amines is 1. The summed E-state index contributed by atoms with van der Waals surface area (Å²) in [4.78, 5) is 14.3. The molecular formula is C13H10F3NO2. The SMILES string of the molecule is O=C(COc1ccc(C(F)(F)F)cc1)c1ccc[nH]1. The highest BCUT2D eigenvalue weighted by molar-refractivity contribution is 5.95. The Labute approximate surface area is 107 Å². The third kappa shape index (κ3) is 3.37. The molecule has 0 bridgehead atoms. The average molecular weight is 269 g/mol. The summed E-state index contributed by atoms with van der Waals surface area (Å²) in [7, 11) is 0. The minimum Gasteiger partial charge on any atom is -0.485 e. The summed E-state index contributed by atoms with van der Waals surface area (Å²) in [6, 6.07) is 7.46. The number of aromatic nitrogens is 1. The summed E-state index contributed by atoms with van der Waals surface area (Å²) in [5.41, 5.74) is -0.359. The number of halogens is 3. The molecule has 0 unspecified atom stereocenters. The first-order chi connectivity index (χ1) is 8.97. The summed E-state index contributed by atoms with van der Waals surface area (Å²) in [6.45, 7) is -0.230. The van der Waals surface area contributed by atoms with Crippen molar-refractivity contribution in [3.63, 3.8) is 0 Å². The number of ketones is 1. The first-order valence-corrected chi connectivity index (χ1v) is 5.43. The monoisotopic (exact) mass is 269 g/mol. The van der Waals surface area contributed by atoms with E-state index in [-0.39, 0.29) is 18.1 Å². The molecule has 1 heterocycles. The molecule has 0 fully saturated rings. The van der Waals surface area contributed by atoms with Crippen LogP contribution in [-0.2, 0) is 6.18 Å². The second kappa shape index (κ2) is 5.17. The van der Waals surface area contributed by atoms with E-state index < -0.39 is 11.7 Å². The number of hydrogen-bond donors (Lipinski definition) is 1. The number of nitrogens with one attached hydrogen (secondary N) is 1. The van der Waals surface area contributed by atoms with Gasteiger partial charge in [-0.05, 0) is 36.4 Å². The number of carbonyl (C=O) groups excluding carboxylic acids is 1. The quantitative estimate of drug-likeness (QED) is 0.865. The maximum Gasteiger partial charge on any atom is 0.416 e. The summed E-state index contributed by atoms with van der Waals surface area (Å²) >= 11 is 0. The van der Waals surface area contributed by atoms with Gasteiger partial charge in [-0.3, -0.25) is 4.79 Å². The third-order valence-electron chi connectivity index (χ3n) is 2.45. The average Bonchev–Trinajstić information content (AvgIpc) is 2.89. The molecule has 3 nitrogen and oxygen atoms in total. The van der Waals surface area contributed by atoms with Crippen molar-refractivity contribution in [2.24, 2.45) is 0 Å². The van der Waals surface area contributed by atoms with Crippen molar-refractivity contribution in [2.75, 3.05) is 6.61 Å². The van der Waals surface area contributed by atoms with Crippen molar-refractivity contribution >= 4 is 5.78 Å². The van der Waals surface area contributed by atoms with Gasteiger partial charge in [-0.2, -0.15) is 13.2 Å². The number of H-pyrrole nitrogens is 1. The van der Waals surface area contributed by atoms with Gasteiger partial charge >= 0.3 is 6.18 Å². The molecule has 0 saturated heterocycles. The summed E-state index contributed by atoms with van der Waals surface area (Å²) < 4.78 is 42.1. The maximum absolute atomic E-state index is 12.3. The minimum atomic E-state index is -4.38. The molecule has 1 aromatic carbocycles. The zero-order valence-electron chi connectivity index (χ0n) is 9.70. The second-order valence-electron chi connectivity index (χ2n) is 3.82. The van der Waals surface area contributed by atoms with Crippen LogP contribution in [0.2, 0.25) is 0 Å². The highest BCUT2D eigenvalue weighted by Gasteiger charge is 2.30. The Kier molecular flexibility index (Phi) is 3.59. The first kappa shape index (κ1) is 13.2. The molecule has 0 aliphatic rings. The van der Waals surface area contributed by atoms with Crippen LogP contribution in [0.3, 0.4) is 0 Å². The van der Waals surface area contributed by atoms with Crippen LogP contribution in [0.1, 0.15) is 16.1 Å². The fraction of sp³-hybridized carbons (Fsp3) is 0.154. The Morgan fingerprint density at radius 2 is 1.84 bits per heavy atom. The van der Waals surface area contributed by atoms with Gasteiger partial charge in [0.25, 0.3) is 0 Å². The van der Waals surface area contributed by atoms with Gasteiger partial charge in [0, 0.05) is 6.20 Å². The van der Waals surface area contributed by atoms with E-state index in [4.69, 9.17) is 4.74 Å². The van der Waals surface area contributed by atoms with Crippen LogP contribution >= 0.6 is 0 Å². The number of hydrogen-bond acceptors (Lipinski definition) is 2. The van der Waals surface area contributed by atoms with Gasteiger partial charge in [0.15, 0.2) is 6.61 Å². The molecule has 1 N–H and O–H groups in total. The number of Topliss-reactive ketones (excluding diaryl/α,β-unsaturated/α-hetero) is 1. The highest BCUT2D eigenvalue weighted by atomic mass is 19.4. The van der Waals surface area contributed by atoms with Crippen LogP contribution in [0.25, 0.3) is 0 Å². The van der Waals surface area contributed by atoms with Crippen LogP contribution in [0.15, 0.2) is 42.6 Å². The maximum atomic E-state index is 12.3. The molecule has 0 spiro atoms. The van der Waals surface area contributed by atoms with Gasteiger partial charge in [-0.1, -0.05) is 0 Å². The Hall–Kier alpha value is -2.24. The van der Waals surface area contributed by atoms with Gasteiger partial charge < -0.3 is 9.72 Å². The molecule has 0 amide bonds. The van der Waals surface area contributed by atoms with Crippen LogP contribution < -0.4 is 4.74 Å². The van der Waals surface area contributed by atoms with Crippen LogP contribution in [0.4, 0.5) is 13.2 Å². The van der Waals surface area contributed by atoms with E-state index in [9.17, 15) is 18.0 Å². The van der Waals surface area contributed by atoms with Gasteiger partial charge in [-0.15, -0.1) is 0 Å². The zero-order valence-corrected chi connectivity index (χ0v) is 9.70. The summed E-state index contributed by atoms with van der Waals surface area (Å²) in [6.07, 6.45) is -2.77. The van der Waals surface area contributed by atoms with Gasteiger partial charge in [0.2, 0.25) is 5.78 Å². The molecule has 100 valence electrons. The zero-order chi connectivity index (χ0) is 13.9. The third-order valence-corrected chi connectivity index (χ3v) is 2.45. The molecule has 1 aromatic heterocycles. The van der Waals surface area contributed by atoms with Gasteiger partial charge in [0.05, 0.1) is 11.3 Å². The van der Waals surface area contributed by atoms with E-state index in [1.165, 1.54) is 12.1 Å². The van der Waals surface area contributed by atoms with E-state index in [1.54, 1.807) is 18.3 Å². The smallest absolute Gasteiger partial charge is 0.416 e. The predicted octanol–water partition coefficient (Wildman–Crippen LogP) is 3.30. The Morgan fingerprint density at radius 3 is 2.37 bits per heavy atom. The lowest BCUT2D eigenvalue weighted by atomic mass is 10.2. The molecular weight excluding hydrogens is 259 g/mol. The Morgan fingerprint density at radius 1 is 1.16 bits per heavy atom. The lowest BCUT2D eigenvalue weighted by molar-refractivity contribution is -0.137. The molecule has 2 rings (SSSR count). The topological polar surface area (TPSA) is 42.1 Å². The van der Waals surface area contributed by atoms with E-state index >= 15 is 0 Å². The molecule has 0 saturated carbocycles. The van der Waals surface area contributed by atoms with Crippen LogP contribution in [0.5, 0.6) is 5.75 Å². The van der Waals surface area contributed by atoms with Crippen molar-refractivity contribution in [1.82, 2.24) is 4.98 Å². The van der Waals surface area contributed by atoms with Gasteiger partial charge in [0.1, 0.15) is 5.75 Å². The lowest BCUT2D eigenvalue weighted by Gasteiger charge is -2.08. The Balaban J connectivity index is 1.95. The molecule has 0 radical (unpaired) electrons. The summed E-state index contributed by atoms with van der Waals surface area (Å²) in [5, 5.41) is 0. The second-order valence-corrected chi connectivity index (χ2v) is 3.82. The highest BCUT2D eigenvalue weighted by Crippen LogP contribution is 2.30. The fourth-order valence-electron chi connectivity index (χ4n) is 1.47. The van der Waals surface area contributed by atoms with E-state index in [0.717, 1.165) is 12.1 Å². The molecule has 6 heteroatoms. The Bertz CT molecular complexity index is 544. The minimum absolute atomic E-state index is 0.216. The van der Waals surface area contributed by atoms with Crippen molar-refractivity contribution < 1.29 is 22.7 Å². The lowest BCUT2D eigenvalue weighted by Crippen LogP contribution is -2.12. The van der Waals surface area contributed by atoms with E-state index in [2.05, 4.69) is 4.98 Å². The van der Waals surface area contributed by atoms with Crippen LogP contribution in [-0.4, -0.2) is 17.4 Å². The molecule has 2 aromatic rings. The number of alkyl halides is 3. The number of carbonyl (C=O) groups is 1. The van der Waals surface area contributed by atoms with Crippen molar-refractivity contribution in [1.29, 1.82) is 0 Å². The van der Waals surface area contributed by atoms with Crippen molar-refractivity contribution in [3.05, 3.63) is 53.9 Å². The van der Waals surface area contributed by atoms with E-state index in [0.29, 0.717) is 5.69 Å². The molecule has 19 heavy (non-hydrogen) atoms. The standard InChI is InChI=1S/C13H10F3NO2/c14-13(15,16)9-3-5-10(6-4-9)19-8-12(18)11-2-1-7-17-11/h1-7,17H,8H2. The normalized spacial score (nSPS) is 11.3. The van der Waals surface area contributed by atoms with Crippen LogP contribution in [0, 0.1) is 0 Å². The largest absolute Gasteiger partial charge is 0.485 e. The van der Waals surface area contributed by atoms with E-state index in [1.807, 2.05) is 0 Å².